The number of carbonyl (C=O) groups excluding carboxylic acids is 2. The lowest BCUT2D eigenvalue weighted by atomic mass is 10.1. The molecule has 0 radical (unpaired) electrons. The number of amides is 2. The van der Waals surface area contributed by atoms with Crippen molar-refractivity contribution < 1.29 is 24.2 Å². The fourth-order valence-corrected chi connectivity index (χ4v) is 2.08. The van der Waals surface area contributed by atoms with Gasteiger partial charge in [-0.2, -0.15) is 0 Å². The SMILES string of the molecule is COC(CNC(=O)c1ccc(NC(=O)CC(C)C)c(C)c1)C(=O)O. The number of rotatable bonds is 8. The molecular weight excluding hydrogens is 312 g/mol. The molecule has 0 aliphatic carbocycles. The molecule has 0 spiro atoms. The quantitative estimate of drug-likeness (QED) is 0.671. The van der Waals surface area contributed by atoms with Crippen molar-refractivity contribution in [1.82, 2.24) is 5.32 Å². The molecule has 0 fully saturated rings. The minimum Gasteiger partial charge on any atom is -0.479 e. The van der Waals surface area contributed by atoms with E-state index in [1.54, 1.807) is 25.1 Å². The van der Waals surface area contributed by atoms with Crippen LogP contribution in [0.15, 0.2) is 18.2 Å². The maximum absolute atomic E-state index is 12.1. The Bertz CT molecular complexity index is 613. The van der Waals surface area contributed by atoms with Gasteiger partial charge in [-0.05, 0) is 36.6 Å². The first kappa shape index (κ1) is 19.6. The highest BCUT2D eigenvalue weighted by molar-refractivity contribution is 5.96. The first-order chi connectivity index (χ1) is 11.2. The van der Waals surface area contributed by atoms with Gasteiger partial charge in [0.05, 0.1) is 6.54 Å². The number of carboxylic acids is 1. The lowest BCUT2D eigenvalue weighted by molar-refractivity contribution is -0.148. The van der Waals surface area contributed by atoms with Crippen LogP contribution < -0.4 is 10.6 Å². The summed E-state index contributed by atoms with van der Waals surface area (Å²) in [6, 6.07) is 4.88. The minimum atomic E-state index is -1.14. The van der Waals surface area contributed by atoms with E-state index in [2.05, 4.69) is 10.6 Å². The molecule has 2 amide bonds. The highest BCUT2D eigenvalue weighted by Gasteiger charge is 2.18. The first-order valence-electron chi connectivity index (χ1n) is 7.68. The normalized spacial score (nSPS) is 11.9. The van der Waals surface area contributed by atoms with Crippen LogP contribution in [0.3, 0.4) is 0 Å². The van der Waals surface area contributed by atoms with Crippen molar-refractivity contribution in [2.24, 2.45) is 5.92 Å². The molecule has 0 aliphatic heterocycles. The van der Waals surface area contributed by atoms with Gasteiger partial charge in [0, 0.05) is 24.8 Å². The third-order valence-corrected chi connectivity index (χ3v) is 3.36. The number of hydrogen-bond donors (Lipinski definition) is 3. The Morgan fingerprint density at radius 1 is 1.25 bits per heavy atom. The van der Waals surface area contributed by atoms with Gasteiger partial charge in [0.2, 0.25) is 5.91 Å². The molecule has 0 saturated heterocycles. The van der Waals surface area contributed by atoms with E-state index in [0.29, 0.717) is 17.7 Å². The monoisotopic (exact) mass is 336 g/mol. The van der Waals surface area contributed by atoms with Gasteiger partial charge in [-0.1, -0.05) is 13.8 Å². The molecule has 7 heteroatoms. The Kier molecular flexibility index (Phi) is 7.38. The van der Waals surface area contributed by atoms with Crippen LogP contribution in [0.4, 0.5) is 5.69 Å². The van der Waals surface area contributed by atoms with E-state index in [1.807, 2.05) is 13.8 Å². The van der Waals surface area contributed by atoms with Crippen LogP contribution in [-0.2, 0) is 14.3 Å². The highest BCUT2D eigenvalue weighted by Crippen LogP contribution is 2.17. The molecule has 0 heterocycles. The van der Waals surface area contributed by atoms with E-state index >= 15 is 0 Å². The van der Waals surface area contributed by atoms with E-state index in [4.69, 9.17) is 9.84 Å². The maximum Gasteiger partial charge on any atom is 0.334 e. The Morgan fingerprint density at radius 3 is 2.42 bits per heavy atom. The number of methoxy groups -OCH3 is 1. The molecule has 7 nitrogen and oxygen atoms in total. The van der Waals surface area contributed by atoms with Crippen molar-refractivity contribution in [3.8, 4) is 0 Å². The molecule has 24 heavy (non-hydrogen) atoms. The van der Waals surface area contributed by atoms with Gasteiger partial charge in [-0.3, -0.25) is 9.59 Å². The maximum atomic E-state index is 12.1. The van der Waals surface area contributed by atoms with Gasteiger partial charge in [-0.25, -0.2) is 4.79 Å². The van der Waals surface area contributed by atoms with E-state index in [1.165, 1.54) is 7.11 Å². The van der Waals surface area contributed by atoms with Crippen molar-refractivity contribution in [2.45, 2.75) is 33.3 Å². The van der Waals surface area contributed by atoms with Crippen molar-refractivity contribution in [2.75, 3.05) is 19.0 Å². The van der Waals surface area contributed by atoms with Crippen LogP contribution in [0.2, 0.25) is 0 Å². The van der Waals surface area contributed by atoms with Crippen LogP contribution in [0.5, 0.6) is 0 Å². The van der Waals surface area contributed by atoms with Crippen LogP contribution in [-0.4, -0.2) is 42.6 Å². The Hall–Kier alpha value is -2.41. The van der Waals surface area contributed by atoms with Crippen LogP contribution in [0.25, 0.3) is 0 Å². The standard InChI is InChI=1S/C17H24N2O5/c1-10(2)7-15(20)19-13-6-5-12(8-11(13)3)16(21)18-9-14(24-4)17(22)23/h5-6,8,10,14H,7,9H2,1-4H3,(H,18,21)(H,19,20)(H,22,23). The van der Waals surface area contributed by atoms with Crippen LogP contribution in [0.1, 0.15) is 36.2 Å². The summed E-state index contributed by atoms with van der Waals surface area (Å²) in [6.07, 6.45) is -0.667. The first-order valence-corrected chi connectivity index (χ1v) is 7.68. The number of hydrogen-bond acceptors (Lipinski definition) is 4. The average molecular weight is 336 g/mol. The van der Waals surface area contributed by atoms with Gasteiger partial charge in [0.1, 0.15) is 0 Å². The number of carboxylic acid groups (broad SMARTS) is 1. The number of aryl methyl sites for hydroxylation is 1. The number of nitrogens with one attached hydrogen (secondary N) is 2. The van der Waals surface area contributed by atoms with E-state index in [-0.39, 0.29) is 18.4 Å². The second-order valence-corrected chi connectivity index (χ2v) is 5.95. The lowest BCUT2D eigenvalue weighted by Gasteiger charge is -2.13. The third kappa shape index (κ3) is 6.00. The average Bonchev–Trinajstić information content (AvgIpc) is 2.48. The van der Waals surface area contributed by atoms with E-state index in [0.717, 1.165) is 5.56 Å². The molecule has 1 aromatic rings. The topological polar surface area (TPSA) is 105 Å². The zero-order chi connectivity index (χ0) is 18.3. The molecule has 1 atom stereocenters. The molecule has 0 saturated carbocycles. The number of benzene rings is 1. The second kappa shape index (κ2) is 9.02. The van der Waals surface area contributed by atoms with Gasteiger partial charge >= 0.3 is 5.97 Å². The summed E-state index contributed by atoms with van der Waals surface area (Å²) in [7, 11) is 1.27. The number of aliphatic carboxylic acids is 1. The summed E-state index contributed by atoms with van der Waals surface area (Å²) in [5.74, 6) is -1.35. The predicted molar refractivity (Wildman–Crippen MR) is 90.0 cm³/mol. The van der Waals surface area contributed by atoms with E-state index < -0.39 is 18.0 Å². The molecule has 0 aliphatic rings. The Morgan fingerprint density at radius 2 is 1.92 bits per heavy atom. The van der Waals surface area contributed by atoms with Crippen LogP contribution in [0, 0.1) is 12.8 Å². The van der Waals surface area contributed by atoms with E-state index in [9.17, 15) is 14.4 Å². The fourth-order valence-electron chi connectivity index (χ4n) is 2.08. The van der Waals surface area contributed by atoms with Crippen molar-refractivity contribution >= 4 is 23.5 Å². The second-order valence-electron chi connectivity index (χ2n) is 5.95. The summed E-state index contributed by atoms with van der Waals surface area (Å²) in [5.41, 5.74) is 1.79. The summed E-state index contributed by atoms with van der Waals surface area (Å²) >= 11 is 0. The van der Waals surface area contributed by atoms with Gasteiger partial charge in [0.25, 0.3) is 5.91 Å². The van der Waals surface area contributed by atoms with Crippen molar-refractivity contribution in [3.63, 3.8) is 0 Å². The molecule has 0 aromatic heterocycles. The van der Waals surface area contributed by atoms with Crippen LogP contribution >= 0.6 is 0 Å². The smallest absolute Gasteiger partial charge is 0.334 e. The minimum absolute atomic E-state index is 0.0744. The molecule has 3 N–H and O–H groups in total. The molecule has 1 unspecified atom stereocenters. The third-order valence-electron chi connectivity index (χ3n) is 3.36. The van der Waals surface area contributed by atoms with Gasteiger partial charge in [0.15, 0.2) is 6.10 Å². The van der Waals surface area contributed by atoms with Crippen molar-refractivity contribution in [3.05, 3.63) is 29.3 Å². The lowest BCUT2D eigenvalue weighted by Crippen LogP contribution is -2.37. The Labute approximate surface area is 141 Å². The number of carbonyl (C=O) groups is 3. The zero-order valence-electron chi connectivity index (χ0n) is 14.4. The molecule has 0 bridgehead atoms. The molecular formula is C17H24N2O5. The summed E-state index contributed by atoms with van der Waals surface area (Å²) < 4.78 is 4.75. The van der Waals surface area contributed by atoms with Crippen molar-refractivity contribution in [1.29, 1.82) is 0 Å². The summed E-state index contributed by atoms with van der Waals surface area (Å²) in [5, 5.41) is 14.2. The van der Waals surface area contributed by atoms with Gasteiger partial charge in [-0.15, -0.1) is 0 Å². The Balaban J connectivity index is 2.71. The summed E-state index contributed by atoms with van der Waals surface area (Å²) in [6.45, 7) is 5.59. The predicted octanol–water partition coefficient (Wildman–Crippen LogP) is 1.81. The highest BCUT2D eigenvalue weighted by atomic mass is 16.5. The number of ether oxygens (including phenoxy) is 1. The molecule has 1 rings (SSSR count). The number of anilines is 1. The molecule has 1 aromatic carbocycles. The molecule has 132 valence electrons. The van der Waals surface area contributed by atoms with Gasteiger partial charge < -0.3 is 20.5 Å². The largest absolute Gasteiger partial charge is 0.479 e. The summed E-state index contributed by atoms with van der Waals surface area (Å²) in [4.78, 5) is 34.7. The fraction of sp³-hybridized carbons (Fsp3) is 0.471. The zero-order valence-corrected chi connectivity index (χ0v) is 14.4.